The summed E-state index contributed by atoms with van der Waals surface area (Å²) < 4.78 is 0. The molecule has 0 atom stereocenters. The fourth-order valence-electron chi connectivity index (χ4n) is 2.80. The Balaban J connectivity index is 1.98. The molecule has 15 heavy (non-hydrogen) atoms. The van der Waals surface area contributed by atoms with Crippen LogP contribution in [0.1, 0.15) is 39.5 Å². The lowest BCUT2D eigenvalue weighted by atomic mass is 9.75. The average molecular weight is 209 g/mol. The summed E-state index contributed by atoms with van der Waals surface area (Å²) in [6, 6.07) is 0. The third-order valence-corrected chi connectivity index (χ3v) is 4.24. The third-order valence-electron chi connectivity index (χ3n) is 4.24. The van der Waals surface area contributed by atoms with Crippen LogP contribution >= 0.6 is 0 Å². The van der Waals surface area contributed by atoms with Gasteiger partial charge < -0.3 is 5.11 Å². The monoisotopic (exact) mass is 209 g/mol. The van der Waals surface area contributed by atoms with Gasteiger partial charge in [-0.2, -0.15) is 0 Å². The molecule has 0 radical (unpaired) electrons. The second-order valence-electron chi connectivity index (χ2n) is 5.37. The van der Waals surface area contributed by atoms with Gasteiger partial charge in [0.2, 0.25) is 0 Å². The van der Waals surface area contributed by atoms with Crippen LogP contribution in [-0.2, 0) is 0 Å². The second-order valence-corrected chi connectivity index (χ2v) is 5.37. The van der Waals surface area contributed by atoms with Gasteiger partial charge in [0.05, 0.1) is 6.61 Å². The van der Waals surface area contributed by atoms with Crippen LogP contribution in [0, 0.1) is 5.92 Å². The van der Waals surface area contributed by atoms with Gasteiger partial charge in [-0.15, -0.1) is 0 Å². The van der Waals surface area contributed by atoms with Crippen molar-refractivity contribution in [2.24, 2.45) is 5.92 Å². The van der Waals surface area contributed by atoms with Crippen molar-refractivity contribution < 1.29 is 5.11 Å². The molecule has 2 nitrogen and oxygen atoms in total. The molecular weight excluding hydrogens is 186 g/mol. The number of rotatable bonds is 3. The first-order valence-electron chi connectivity index (χ1n) is 6.23. The van der Waals surface area contributed by atoms with Crippen LogP contribution in [0.2, 0.25) is 0 Å². The molecule has 0 bridgehead atoms. The molecule has 2 rings (SSSR count). The number of nitrogens with zero attached hydrogens (tertiary/aromatic N) is 1. The third kappa shape index (κ3) is 1.98. The summed E-state index contributed by atoms with van der Waals surface area (Å²) in [4.78, 5) is 2.49. The van der Waals surface area contributed by atoms with Gasteiger partial charge in [0.1, 0.15) is 0 Å². The second kappa shape index (κ2) is 4.26. The first kappa shape index (κ1) is 11.2. The van der Waals surface area contributed by atoms with Gasteiger partial charge in [0.25, 0.3) is 0 Å². The van der Waals surface area contributed by atoms with Gasteiger partial charge in [-0.3, -0.25) is 4.90 Å². The molecule has 0 unspecified atom stereocenters. The number of hydrogen-bond acceptors (Lipinski definition) is 2. The minimum Gasteiger partial charge on any atom is -0.394 e. The summed E-state index contributed by atoms with van der Waals surface area (Å²) in [6.45, 7) is 7.08. The van der Waals surface area contributed by atoms with Gasteiger partial charge in [0, 0.05) is 18.6 Å². The normalized spacial score (nSPS) is 26.3. The van der Waals surface area contributed by atoms with Gasteiger partial charge in [0.15, 0.2) is 0 Å². The van der Waals surface area contributed by atoms with E-state index in [1.807, 2.05) is 0 Å². The summed E-state index contributed by atoms with van der Waals surface area (Å²) in [5.74, 6) is 0.693. The topological polar surface area (TPSA) is 23.5 Å². The van der Waals surface area contributed by atoms with E-state index in [1.165, 1.54) is 25.7 Å². The molecule has 2 aliphatic rings. The van der Waals surface area contributed by atoms with Crippen molar-refractivity contribution in [1.29, 1.82) is 0 Å². The molecule has 0 aromatic rings. The minimum atomic E-state index is 0.152. The average Bonchev–Trinajstić information content (AvgIpc) is 2.18. The quantitative estimate of drug-likeness (QED) is 0.720. The van der Waals surface area contributed by atoms with Crippen LogP contribution in [-0.4, -0.2) is 35.2 Å². The lowest BCUT2D eigenvalue weighted by Gasteiger charge is -2.50. The number of hydrogen-bond donors (Lipinski definition) is 1. The molecule has 0 aromatic heterocycles. The first-order valence-corrected chi connectivity index (χ1v) is 6.23. The molecule has 1 fully saturated rings. The molecular formula is C13H23NO. The Morgan fingerprint density at radius 1 is 1.47 bits per heavy atom. The Hall–Kier alpha value is -0.340. The van der Waals surface area contributed by atoms with E-state index in [-0.39, 0.29) is 5.54 Å². The fraction of sp³-hybridized carbons (Fsp3) is 0.846. The molecule has 1 aliphatic heterocycles. The van der Waals surface area contributed by atoms with Crippen molar-refractivity contribution in [2.45, 2.75) is 45.1 Å². The zero-order valence-electron chi connectivity index (χ0n) is 10.00. The highest BCUT2D eigenvalue weighted by molar-refractivity contribution is 5.12. The largest absolute Gasteiger partial charge is 0.394 e. The standard InChI is InChI=1S/C13H23NO/c1-11(2)12-4-8-14(9-5-12)13(10-15)6-3-7-13/h4,11,15H,3,5-10H2,1-2H3. The van der Waals surface area contributed by atoms with E-state index < -0.39 is 0 Å². The molecule has 0 amide bonds. The number of aliphatic hydroxyl groups excluding tert-OH is 1. The maximum absolute atomic E-state index is 9.50. The Morgan fingerprint density at radius 2 is 2.20 bits per heavy atom. The van der Waals surface area contributed by atoms with Crippen LogP contribution in [0.5, 0.6) is 0 Å². The zero-order valence-corrected chi connectivity index (χ0v) is 10.00. The molecule has 86 valence electrons. The summed E-state index contributed by atoms with van der Waals surface area (Å²) in [5.41, 5.74) is 1.75. The molecule has 1 aliphatic carbocycles. The van der Waals surface area contributed by atoms with Gasteiger partial charge in [-0.25, -0.2) is 0 Å². The highest BCUT2D eigenvalue weighted by atomic mass is 16.3. The van der Waals surface area contributed by atoms with Crippen LogP contribution in [0.3, 0.4) is 0 Å². The molecule has 1 N–H and O–H groups in total. The van der Waals surface area contributed by atoms with E-state index in [2.05, 4.69) is 24.8 Å². The van der Waals surface area contributed by atoms with Crippen LogP contribution in [0.15, 0.2) is 11.6 Å². The van der Waals surface area contributed by atoms with E-state index in [0.717, 1.165) is 13.1 Å². The molecule has 0 spiro atoms. The zero-order chi connectivity index (χ0) is 10.9. The highest BCUT2D eigenvalue weighted by Crippen LogP contribution is 2.38. The van der Waals surface area contributed by atoms with Crippen molar-refractivity contribution in [3.05, 3.63) is 11.6 Å². The van der Waals surface area contributed by atoms with Crippen molar-refractivity contribution in [3.63, 3.8) is 0 Å². The lowest BCUT2D eigenvalue weighted by Crippen LogP contribution is -2.57. The lowest BCUT2D eigenvalue weighted by molar-refractivity contribution is -0.0246. The van der Waals surface area contributed by atoms with Crippen LogP contribution < -0.4 is 0 Å². The smallest absolute Gasteiger partial charge is 0.0615 e. The number of aliphatic hydroxyl groups is 1. The predicted molar refractivity (Wildman–Crippen MR) is 62.8 cm³/mol. The SMILES string of the molecule is CC(C)C1=CCN(C2(CO)CCC2)CC1. The molecule has 0 aromatic carbocycles. The van der Waals surface area contributed by atoms with Gasteiger partial charge >= 0.3 is 0 Å². The van der Waals surface area contributed by atoms with Crippen molar-refractivity contribution in [2.75, 3.05) is 19.7 Å². The fourth-order valence-corrected chi connectivity index (χ4v) is 2.80. The molecule has 2 heteroatoms. The highest BCUT2D eigenvalue weighted by Gasteiger charge is 2.41. The van der Waals surface area contributed by atoms with Crippen LogP contribution in [0.25, 0.3) is 0 Å². The van der Waals surface area contributed by atoms with Crippen molar-refractivity contribution in [3.8, 4) is 0 Å². The van der Waals surface area contributed by atoms with Gasteiger partial charge in [-0.05, 0) is 31.6 Å². The van der Waals surface area contributed by atoms with E-state index in [4.69, 9.17) is 0 Å². The van der Waals surface area contributed by atoms with E-state index in [9.17, 15) is 5.11 Å². The molecule has 1 saturated carbocycles. The summed E-state index contributed by atoms with van der Waals surface area (Å²) in [7, 11) is 0. The van der Waals surface area contributed by atoms with E-state index in [1.54, 1.807) is 5.57 Å². The van der Waals surface area contributed by atoms with E-state index in [0.29, 0.717) is 12.5 Å². The summed E-state index contributed by atoms with van der Waals surface area (Å²) in [5, 5.41) is 9.50. The van der Waals surface area contributed by atoms with Crippen LogP contribution in [0.4, 0.5) is 0 Å². The van der Waals surface area contributed by atoms with Crippen molar-refractivity contribution in [1.82, 2.24) is 4.90 Å². The van der Waals surface area contributed by atoms with Gasteiger partial charge in [-0.1, -0.05) is 25.5 Å². The van der Waals surface area contributed by atoms with Crippen molar-refractivity contribution >= 4 is 0 Å². The Bertz CT molecular complexity index is 248. The Labute approximate surface area is 93.0 Å². The van der Waals surface area contributed by atoms with E-state index >= 15 is 0 Å². The maximum Gasteiger partial charge on any atom is 0.0615 e. The maximum atomic E-state index is 9.50. The first-order chi connectivity index (χ1) is 7.18. The summed E-state index contributed by atoms with van der Waals surface area (Å²) in [6.07, 6.45) is 7.24. The minimum absolute atomic E-state index is 0.152. The molecule has 1 heterocycles. The Morgan fingerprint density at radius 3 is 2.53 bits per heavy atom. The predicted octanol–water partition coefficient (Wildman–Crippen LogP) is 2.19. The molecule has 0 saturated heterocycles. The summed E-state index contributed by atoms with van der Waals surface area (Å²) >= 11 is 0. The Kier molecular flexibility index (Phi) is 3.17.